The highest BCUT2D eigenvalue weighted by atomic mass is 127. The van der Waals surface area contributed by atoms with E-state index in [1.54, 1.807) is 67.6 Å². The molecule has 29 heavy (non-hydrogen) atoms. The number of alkyl halides is 1. The summed E-state index contributed by atoms with van der Waals surface area (Å²) < 4.78 is 17.4. The zero-order chi connectivity index (χ0) is 20.9. The van der Waals surface area contributed by atoms with Crippen LogP contribution in [0.1, 0.15) is 27.6 Å². The van der Waals surface area contributed by atoms with E-state index >= 15 is 0 Å². The van der Waals surface area contributed by atoms with Gasteiger partial charge in [-0.15, -0.1) is 0 Å². The Morgan fingerprint density at radius 2 is 1.59 bits per heavy atom. The van der Waals surface area contributed by atoms with Gasteiger partial charge in [0.2, 0.25) is 0 Å². The van der Waals surface area contributed by atoms with E-state index in [9.17, 15) is 9.59 Å². The first-order valence-electron chi connectivity index (χ1n) is 8.83. The lowest BCUT2D eigenvalue weighted by molar-refractivity contribution is -0.0659. The van der Waals surface area contributed by atoms with Crippen LogP contribution >= 0.6 is 22.6 Å². The monoisotopic (exact) mass is 507 g/mol. The van der Waals surface area contributed by atoms with E-state index < -0.39 is 36.0 Å². The minimum atomic E-state index is -1.49. The third-order valence-electron chi connectivity index (χ3n) is 4.50. The Morgan fingerprint density at radius 1 is 1.07 bits per heavy atom. The third kappa shape index (κ3) is 4.52. The molecule has 0 N–H and O–H groups in total. The van der Waals surface area contributed by atoms with Crippen molar-refractivity contribution in [1.82, 2.24) is 0 Å². The predicted molar refractivity (Wildman–Crippen MR) is 113 cm³/mol. The van der Waals surface area contributed by atoms with Crippen molar-refractivity contribution in [3.05, 3.63) is 82.2 Å². The van der Waals surface area contributed by atoms with E-state index in [4.69, 9.17) is 19.7 Å². The number of esters is 2. The third-order valence-corrected chi connectivity index (χ3v) is 5.59. The first-order valence-corrected chi connectivity index (χ1v) is 10.4. The summed E-state index contributed by atoms with van der Waals surface area (Å²) in [5.74, 6) is -1.21. The van der Waals surface area contributed by atoms with Crippen molar-refractivity contribution in [1.29, 1.82) is 0 Å². The highest BCUT2D eigenvalue weighted by Crippen LogP contribution is 2.39. The van der Waals surface area contributed by atoms with Crippen LogP contribution in [0.5, 0.6) is 0 Å². The Hall–Kier alpha value is -2.62. The van der Waals surface area contributed by atoms with Crippen LogP contribution in [-0.4, -0.2) is 40.4 Å². The molecule has 3 rings (SSSR count). The first kappa shape index (κ1) is 21.1. The van der Waals surface area contributed by atoms with Crippen molar-refractivity contribution in [3.8, 4) is 0 Å². The van der Waals surface area contributed by atoms with E-state index in [0.29, 0.717) is 11.1 Å². The van der Waals surface area contributed by atoms with Crippen molar-refractivity contribution in [2.75, 3.05) is 4.43 Å². The largest absolute Gasteiger partial charge is 0.452 e. The maximum atomic E-state index is 12.7. The van der Waals surface area contributed by atoms with Crippen molar-refractivity contribution >= 4 is 34.5 Å². The molecule has 2 aromatic rings. The zero-order valence-corrected chi connectivity index (χ0v) is 17.6. The molecular formula is C20H18IN3O5. The summed E-state index contributed by atoms with van der Waals surface area (Å²) in [6, 6.07) is 16.8. The van der Waals surface area contributed by atoms with Gasteiger partial charge in [-0.2, -0.15) is 0 Å². The van der Waals surface area contributed by atoms with E-state index in [1.165, 1.54) is 0 Å². The molecule has 1 fully saturated rings. The fraction of sp³-hybridized carbons (Fsp3) is 0.300. The van der Waals surface area contributed by atoms with Crippen molar-refractivity contribution in [2.45, 2.75) is 31.0 Å². The summed E-state index contributed by atoms with van der Waals surface area (Å²) in [5, 5.41) is 3.76. The van der Waals surface area contributed by atoms with Gasteiger partial charge in [-0.05, 0) is 36.7 Å². The number of nitrogens with zero attached hydrogens (tertiary/aromatic N) is 3. The number of hydrogen-bond acceptors (Lipinski definition) is 6. The molecule has 8 nitrogen and oxygen atoms in total. The van der Waals surface area contributed by atoms with Crippen LogP contribution in [0.4, 0.5) is 0 Å². The van der Waals surface area contributed by atoms with Crippen molar-refractivity contribution in [3.63, 3.8) is 0 Å². The van der Waals surface area contributed by atoms with Crippen LogP contribution in [0.3, 0.4) is 0 Å². The summed E-state index contributed by atoms with van der Waals surface area (Å²) >= 11 is 1.99. The second-order valence-corrected chi connectivity index (χ2v) is 7.18. The Balaban J connectivity index is 1.91. The Morgan fingerprint density at radius 3 is 2.07 bits per heavy atom. The Labute approximate surface area is 180 Å². The average Bonchev–Trinajstić information content (AvgIpc) is 3.00. The minimum Gasteiger partial charge on any atom is -0.452 e. The quantitative estimate of drug-likeness (QED) is 0.145. The standard InChI is InChI=1S/C20H18IN3O5/c1-13-16(27-18(25)14-8-4-2-5-9-14)17(20(12-21,29-13)23-24-22)28-19(26)15-10-6-3-7-11-15/h2-11,13,16-17H,12H2,1H3/t13-,16-,17-,20+/m0/s1. The molecule has 2 aromatic carbocycles. The van der Waals surface area contributed by atoms with E-state index in [0.717, 1.165) is 0 Å². The first-order chi connectivity index (χ1) is 14.0. The average molecular weight is 507 g/mol. The number of benzene rings is 2. The fourth-order valence-corrected chi connectivity index (χ4v) is 3.86. The smallest absolute Gasteiger partial charge is 0.338 e. The Bertz CT molecular complexity index is 920. The summed E-state index contributed by atoms with van der Waals surface area (Å²) in [5.41, 5.74) is 8.24. The van der Waals surface area contributed by atoms with E-state index in [1.807, 2.05) is 22.6 Å². The van der Waals surface area contributed by atoms with Gasteiger partial charge in [0, 0.05) is 9.34 Å². The van der Waals surface area contributed by atoms with Gasteiger partial charge >= 0.3 is 11.9 Å². The van der Waals surface area contributed by atoms with Crippen molar-refractivity contribution < 1.29 is 23.8 Å². The lowest BCUT2D eigenvalue weighted by Gasteiger charge is -2.29. The second-order valence-electron chi connectivity index (χ2n) is 6.42. The minimum absolute atomic E-state index is 0.200. The summed E-state index contributed by atoms with van der Waals surface area (Å²) in [6.45, 7) is 1.67. The SMILES string of the molecule is C[C@@H]1O[C@@](CI)(N=[N+]=[N-])[C@@H](OC(=O)c2ccccc2)[C@H]1OC(=O)c1ccccc1. The van der Waals surface area contributed by atoms with Gasteiger partial charge in [-0.1, -0.05) is 64.1 Å². The van der Waals surface area contributed by atoms with Crippen LogP contribution in [0, 0.1) is 0 Å². The van der Waals surface area contributed by atoms with Gasteiger partial charge in [-0.25, -0.2) is 9.59 Å². The molecule has 1 aliphatic heterocycles. The number of rotatable bonds is 6. The highest BCUT2D eigenvalue weighted by Gasteiger charge is 2.57. The highest BCUT2D eigenvalue weighted by molar-refractivity contribution is 14.1. The molecule has 0 aliphatic carbocycles. The van der Waals surface area contributed by atoms with Gasteiger partial charge in [0.25, 0.3) is 0 Å². The molecule has 150 valence electrons. The van der Waals surface area contributed by atoms with Gasteiger partial charge in [0.05, 0.1) is 17.2 Å². The van der Waals surface area contributed by atoms with Crippen LogP contribution in [-0.2, 0) is 14.2 Å². The number of halogens is 1. The number of carbonyl (C=O) groups is 2. The normalized spacial score (nSPS) is 25.7. The molecule has 0 unspecified atom stereocenters. The van der Waals surface area contributed by atoms with Crippen LogP contribution in [0.25, 0.3) is 10.4 Å². The number of ether oxygens (including phenoxy) is 3. The van der Waals surface area contributed by atoms with Gasteiger partial charge < -0.3 is 14.2 Å². The zero-order valence-electron chi connectivity index (χ0n) is 15.5. The molecule has 9 heteroatoms. The van der Waals surface area contributed by atoms with E-state index in [-0.39, 0.29) is 4.43 Å². The van der Waals surface area contributed by atoms with Crippen LogP contribution in [0.15, 0.2) is 65.8 Å². The lowest BCUT2D eigenvalue weighted by Crippen LogP contribution is -2.47. The fourth-order valence-electron chi connectivity index (χ4n) is 3.09. The summed E-state index contributed by atoms with van der Waals surface area (Å²) in [6.07, 6.45) is -2.71. The lowest BCUT2D eigenvalue weighted by atomic mass is 10.0. The van der Waals surface area contributed by atoms with Crippen molar-refractivity contribution in [2.24, 2.45) is 5.11 Å². The predicted octanol–water partition coefficient (Wildman–Crippen LogP) is 4.30. The molecule has 1 heterocycles. The molecule has 1 saturated heterocycles. The molecule has 0 bridgehead atoms. The van der Waals surface area contributed by atoms with Crippen LogP contribution < -0.4 is 0 Å². The number of hydrogen-bond donors (Lipinski definition) is 0. The number of carbonyl (C=O) groups excluding carboxylic acids is 2. The Kier molecular flexibility index (Phi) is 6.73. The molecule has 0 aromatic heterocycles. The maximum absolute atomic E-state index is 12.7. The second kappa shape index (κ2) is 9.25. The summed E-state index contributed by atoms with van der Waals surface area (Å²) in [7, 11) is 0. The molecular weight excluding hydrogens is 489 g/mol. The molecule has 1 aliphatic rings. The van der Waals surface area contributed by atoms with Gasteiger partial charge in [-0.3, -0.25) is 0 Å². The molecule has 0 saturated carbocycles. The van der Waals surface area contributed by atoms with Gasteiger partial charge in [0.1, 0.15) is 0 Å². The molecule has 0 spiro atoms. The topological polar surface area (TPSA) is 111 Å². The van der Waals surface area contributed by atoms with Crippen LogP contribution in [0.2, 0.25) is 0 Å². The maximum Gasteiger partial charge on any atom is 0.338 e. The van der Waals surface area contributed by atoms with Gasteiger partial charge in [0.15, 0.2) is 17.9 Å². The molecule has 0 radical (unpaired) electrons. The molecule has 0 amide bonds. The van der Waals surface area contributed by atoms with E-state index in [2.05, 4.69) is 10.0 Å². The molecule has 4 atom stereocenters. The number of azide groups is 1. The summed E-state index contributed by atoms with van der Waals surface area (Å²) in [4.78, 5) is 28.1.